The van der Waals surface area contributed by atoms with Crippen LogP contribution in [-0.4, -0.2) is 13.6 Å². The summed E-state index contributed by atoms with van der Waals surface area (Å²) >= 11 is 12.1. The fourth-order valence-corrected chi connectivity index (χ4v) is 2.26. The summed E-state index contributed by atoms with van der Waals surface area (Å²) in [6, 6.07) is 15.4. The first-order valence-corrected chi connectivity index (χ1v) is 7.21. The molecule has 0 saturated heterocycles. The van der Waals surface area contributed by atoms with E-state index in [1.165, 1.54) is 0 Å². The van der Waals surface area contributed by atoms with Crippen LogP contribution in [0, 0.1) is 0 Å². The van der Waals surface area contributed by atoms with Crippen LogP contribution in [0.2, 0.25) is 10.0 Å². The highest BCUT2D eigenvalue weighted by molar-refractivity contribution is 6.31. The molecular formula is C16H17Cl2NO. The quantitative estimate of drug-likeness (QED) is 0.850. The van der Waals surface area contributed by atoms with Crippen LogP contribution < -0.4 is 5.32 Å². The molecule has 0 aromatic heterocycles. The summed E-state index contributed by atoms with van der Waals surface area (Å²) in [5.41, 5.74) is 2.08. The second kappa shape index (κ2) is 7.65. The minimum absolute atomic E-state index is 0.0338. The first-order valence-electron chi connectivity index (χ1n) is 6.46. The van der Waals surface area contributed by atoms with E-state index in [2.05, 4.69) is 5.32 Å². The molecule has 20 heavy (non-hydrogen) atoms. The smallest absolute Gasteiger partial charge is 0.0953 e. The molecule has 1 atom stereocenters. The van der Waals surface area contributed by atoms with Crippen molar-refractivity contribution in [1.82, 2.24) is 5.32 Å². The Morgan fingerprint density at radius 1 is 1.05 bits per heavy atom. The molecule has 0 fully saturated rings. The van der Waals surface area contributed by atoms with Crippen LogP contribution in [0.25, 0.3) is 0 Å². The van der Waals surface area contributed by atoms with Crippen LogP contribution >= 0.6 is 23.2 Å². The molecular weight excluding hydrogens is 293 g/mol. The number of hydrogen-bond donors (Lipinski definition) is 1. The average molecular weight is 310 g/mol. The fraction of sp³-hybridized carbons (Fsp3) is 0.250. The Morgan fingerprint density at radius 3 is 2.40 bits per heavy atom. The largest absolute Gasteiger partial charge is 0.367 e. The minimum atomic E-state index is -0.0338. The summed E-state index contributed by atoms with van der Waals surface area (Å²) < 4.78 is 5.99. The van der Waals surface area contributed by atoms with Crippen LogP contribution in [-0.2, 0) is 11.3 Å². The predicted molar refractivity (Wildman–Crippen MR) is 84.4 cm³/mol. The van der Waals surface area contributed by atoms with Crippen molar-refractivity contribution in [3.63, 3.8) is 0 Å². The Bertz CT molecular complexity index is 542. The van der Waals surface area contributed by atoms with Crippen LogP contribution in [0.3, 0.4) is 0 Å². The average Bonchev–Trinajstić information content (AvgIpc) is 2.46. The number of halogens is 2. The van der Waals surface area contributed by atoms with Gasteiger partial charge in [-0.15, -0.1) is 0 Å². The van der Waals surface area contributed by atoms with Gasteiger partial charge in [0.15, 0.2) is 0 Å². The third kappa shape index (κ3) is 4.22. The molecule has 4 heteroatoms. The van der Waals surface area contributed by atoms with E-state index in [1.807, 2.05) is 55.6 Å². The van der Waals surface area contributed by atoms with E-state index < -0.39 is 0 Å². The molecule has 0 aliphatic carbocycles. The molecule has 2 aromatic carbocycles. The van der Waals surface area contributed by atoms with Gasteiger partial charge in [-0.2, -0.15) is 0 Å². The van der Waals surface area contributed by atoms with Crippen LogP contribution in [0.4, 0.5) is 0 Å². The van der Waals surface area contributed by atoms with Gasteiger partial charge in [0, 0.05) is 16.6 Å². The Labute approximate surface area is 129 Å². The lowest BCUT2D eigenvalue weighted by atomic mass is 10.1. The van der Waals surface area contributed by atoms with E-state index in [0.717, 1.165) is 27.7 Å². The second-order valence-corrected chi connectivity index (χ2v) is 5.34. The second-order valence-electron chi connectivity index (χ2n) is 4.50. The number of rotatable bonds is 6. The van der Waals surface area contributed by atoms with Crippen LogP contribution in [0.5, 0.6) is 0 Å². The zero-order valence-electron chi connectivity index (χ0n) is 11.3. The first-order chi connectivity index (χ1) is 9.70. The SMILES string of the molecule is CNCC(OCc1ccccc1Cl)c1ccc(Cl)cc1. The lowest BCUT2D eigenvalue weighted by molar-refractivity contribution is 0.0411. The highest BCUT2D eigenvalue weighted by Crippen LogP contribution is 2.23. The molecule has 2 nitrogen and oxygen atoms in total. The van der Waals surface area contributed by atoms with Gasteiger partial charge in [0.1, 0.15) is 0 Å². The Hall–Kier alpha value is -1.06. The van der Waals surface area contributed by atoms with E-state index in [9.17, 15) is 0 Å². The van der Waals surface area contributed by atoms with Crippen LogP contribution in [0.15, 0.2) is 48.5 Å². The van der Waals surface area contributed by atoms with Crippen molar-refractivity contribution in [2.45, 2.75) is 12.7 Å². The maximum atomic E-state index is 6.14. The zero-order chi connectivity index (χ0) is 14.4. The Kier molecular flexibility index (Phi) is 5.86. The molecule has 0 bridgehead atoms. The molecule has 1 N–H and O–H groups in total. The lowest BCUT2D eigenvalue weighted by Gasteiger charge is -2.18. The van der Waals surface area contributed by atoms with Gasteiger partial charge in [-0.05, 0) is 36.4 Å². The maximum absolute atomic E-state index is 6.14. The van der Waals surface area contributed by atoms with Gasteiger partial charge in [-0.25, -0.2) is 0 Å². The van der Waals surface area contributed by atoms with Crippen molar-refractivity contribution in [3.05, 3.63) is 69.7 Å². The lowest BCUT2D eigenvalue weighted by Crippen LogP contribution is -2.19. The van der Waals surface area contributed by atoms with Gasteiger partial charge in [-0.3, -0.25) is 0 Å². The molecule has 0 radical (unpaired) electrons. The van der Waals surface area contributed by atoms with Gasteiger partial charge >= 0.3 is 0 Å². The Balaban J connectivity index is 2.06. The number of ether oxygens (including phenoxy) is 1. The minimum Gasteiger partial charge on any atom is -0.367 e. The number of benzene rings is 2. The number of likely N-dealkylation sites (N-methyl/N-ethyl adjacent to an activating group) is 1. The summed E-state index contributed by atoms with van der Waals surface area (Å²) in [6.45, 7) is 1.21. The Morgan fingerprint density at radius 2 is 1.75 bits per heavy atom. The standard InChI is InChI=1S/C16H17Cl2NO/c1-19-10-16(12-6-8-14(17)9-7-12)20-11-13-4-2-3-5-15(13)18/h2-9,16,19H,10-11H2,1H3. The molecule has 2 rings (SSSR count). The monoisotopic (exact) mass is 309 g/mol. The van der Waals surface area contributed by atoms with Crippen molar-refractivity contribution in [2.24, 2.45) is 0 Å². The van der Waals surface area contributed by atoms with Gasteiger partial charge in [0.2, 0.25) is 0 Å². The van der Waals surface area contributed by atoms with Gasteiger partial charge in [0.25, 0.3) is 0 Å². The van der Waals surface area contributed by atoms with Crippen molar-refractivity contribution < 1.29 is 4.74 Å². The summed E-state index contributed by atoms with van der Waals surface area (Å²) in [4.78, 5) is 0. The topological polar surface area (TPSA) is 21.3 Å². The highest BCUT2D eigenvalue weighted by atomic mass is 35.5. The highest BCUT2D eigenvalue weighted by Gasteiger charge is 2.12. The third-order valence-electron chi connectivity index (χ3n) is 3.03. The normalized spacial score (nSPS) is 12.3. The molecule has 1 unspecified atom stereocenters. The molecule has 0 spiro atoms. The molecule has 106 valence electrons. The van der Waals surface area contributed by atoms with Crippen molar-refractivity contribution in [1.29, 1.82) is 0 Å². The predicted octanol–water partition coefficient (Wildman–Crippen LogP) is 4.47. The molecule has 0 amide bonds. The zero-order valence-corrected chi connectivity index (χ0v) is 12.8. The molecule has 2 aromatic rings. The molecule has 0 aliphatic rings. The van der Waals surface area contributed by atoms with Gasteiger partial charge in [-0.1, -0.05) is 53.5 Å². The maximum Gasteiger partial charge on any atom is 0.0953 e. The first kappa shape index (κ1) is 15.3. The van der Waals surface area contributed by atoms with E-state index in [4.69, 9.17) is 27.9 Å². The fourth-order valence-electron chi connectivity index (χ4n) is 1.94. The van der Waals surface area contributed by atoms with E-state index in [1.54, 1.807) is 0 Å². The summed E-state index contributed by atoms with van der Waals surface area (Å²) in [5, 5.41) is 4.59. The number of nitrogens with one attached hydrogen (secondary N) is 1. The van der Waals surface area contributed by atoms with Crippen LogP contribution in [0.1, 0.15) is 17.2 Å². The summed E-state index contributed by atoms with van der Waals surface area (Å²) in [5.74, 6) is 0. The summed E-state index contributed by atoms with van der Waals surface area (Å²) in [7, 11) is 1.90. The van der Waals surface area contributed by atoms with Crippen molar-refractivity contribution in [3.8, 4) is 0 Å². The summed E-state index contributed by atoms with van der Waals surface area (Å²) in [6.07, 6.45) is -0.0338. The molecule has 0 aliphatic heterocycles. The van der Waals surface area contributed by atoms with E-state index in [-0.39, 0.29) is 6.10 Å². The van der Waals surface area contributed by atoms with E-state index >= 15 is 0 Å². The van der Waals surface area contributed by atoms with Gasteiger partial charge < -0.3 is 10.1 Å². The van der Waals surface area contributed by atoms with Crippen molar-refractivity contribution >= 4 is 23.2 Å². The van der Waals surface area contributed by atoms with E-state index in [0.29, 0.717) is 6.61 Å². The van der Waals surface area contributed by atoms with Crippen molar-refractivity contribution in [2.75, 3.05) is 13.6 Å². The number of hydrogen-bond acceptors (Lipinski definition) is 2. The third-order valence-corrected chi connectivity index (χ3v) is 3.65. The molecule has 0 heterocycles. The van der Waals surface area contributed by atoms with Gasteiger partial charge in [0.05, 0.1) is 12.7 Å². The molecule has 0 saturated carbocycles.